The molecular weight excluding hydrogens is 445 g/mol. The molecule has 0 bridgehead atoms. The van der Waals surface area contributed by atoms with E-state index in [9.17, 15) is 18.0 Å². The Kier molecular flexibility index (Phi) is 5.15. The number of rotatable bonds is 4. The van der Waals surface area contributed by atoms with Crippen LogP contribution >= 0.6 is 0 Å². The van der Waals surface area contributed by atoms with E-state index < -0.39 is 29.5 Å². The molecule has 174 valence electrons. The van der Waals surface area contributed by atoms with Crippen molar-refractivity contribution >= 4 is 11.7 Å². The number of carbonyl (C=O) groups excluding carboxylic acids is 1. The molecule has 0 radical (unpaired) electrons. The Hall–Kier alpha value is -4.08. The minimum absolute atomic E-state index is 0.0272. The van der Waals surface area contributed by atoms with Crippen molar-refractivity contribution < 1.29 is 18.0 Å². The highest BCUT2D eigenvalue weighted by Crippen LogP contribution is 2.40. The van der Waals surface area contributed by atoms with Crippen LogP contribution in [0.3, 0.4) is 0 Å². The zero-order valence-electron chi connectivity index (χ0n) is 18.7. The van der Waals surface area contributed by atoms with Crippen LogP contribution in [0.5, 0.6) is 0 Å². The molecule has 34 heavy (non-hydrogen) atoms. The van der Waals surface area contributed by atoms with Crippen LogP contribution in [-0.2, 0) is 7.05 Å². The largest absolute Gasteiger partial charge is 0.335 e. The van der Waals surface area contributed by atoms with Gasteiger partial charge in [-0.3, -0.25) is 4.68 Å². The van der Waals surface area contributed by atoms with Crippen molar-refractivity contribution in [3.05, 3.63) is 77.3 Å². The van der Waals surface area contributed by atoms with Crippen LogP contribution in [0.2, 0.25) is 0 Å². The molecule has 2 aromatic carbocycles. The number of benzene rings is 2. The first-order valence-electron chi connectivity index (χ1n) is 10.6. The molecule has 2 N–H and O–H groups in total. The lowest BCUT2D eigenvalue weighted by Gasteiger charge is -2.17. The monoisotopic (exact) mass is 466 g/mol. The fourth-order valence-electron chi connectivity index (χ4n) is 4.55. The smallest absolute Gasteiger partial charge is 0.319 e. The van der Waals surface area contributed by atoms with Gasteiger partial charge in [0, 0.05) is 47.6 Å². The van der Waals surface area contributed by atoms with Crippen molar-refractivity contribution in [3.63, 3.8) is 0 Å². The van der Waals surface area contributed by atoms with E-state index in [2.05, 4.69) is 20.7 Å². The van der Waals surface area contributed by atoms with Gasteiger partial charge < -0.3 is 15.2 Å². The zero-order chi connectivity index (χ0) is 24.1. The van der Waals surface area contributed by atoms with Crippen molar-refractivity contribution in [2.24, 2.45) is 7.05 Å². The minimum atomic E-state index is -0.789. The van der Waals surface area contributed by atoms with Gasteiger partial charge in [-0.1, -0.05) is 12.1 Å². The maximum atomic E-state index is 14.9. The number of amides is 2. The minimum Gasteiger partial charge on any atom is -0.335 e. The van der Waals surface area contributed by atoms with Gasteiger partial charge in [0.05, 0.1) is 35.6 Å². The molecule has 0 spiro atoms. The first kappa shape index (κ1) is 21.7. The lowest BCUT2D eigenvalue weighted by Crippen LogP contribution is -2.34. The standard InChI is InChI=1S/C24H21F3N6O/c1-12-22(13(2)32(3)31-12)15-7-18(27)19(8-17(15)26)30-24(34)29-10-21-23-14(5-4-6-16(23)25)20-9-28-11-33(20)21/h4-9,11,21H,10H2,1-3H3,(H2,29,30,34). The van der Waals surface area contributed by atoms with Crippen molar-refractivity contribution in [1.82, 2.24) is 24.6 Å². The average molecular weight is 466 g/mol. The number of aryl methyl sites for hydroxylation is 2. The summed E-state index contributed by atoms with van der Waals surface area (Å²) in [6.45, 7) is 3.51. The van der Waals surface area contributed by atoms with E-state index in [-0.39, 0.29) is 17.8 Å². The molecule has 0 aliphatic carbocycles. The topological polar surface area (TPSA) is 76.8 Å². The van der Waals surface area contributed by atoms with E-state index in [0.717, 1.165) is 17.8 Å². The van der Waals surface area contributed by atoms with Gasteiger partial charge in [0.15, 0.2) is 0 Å². The molecule has 10 heteroatoms. The summed E-state index contributed by atoms with van der Waals surface area (Å²) >= 11 is 0. The summed E-state index contributed by atoms with van der Waals surface area (Å²) in [7, 11) is 1.72. The molecule has 1 aliphatic rings. The van der Waals surface area contributed by atoms with Crippen molar-refractivity contribution in [1.29, 1.82) is 0 Å². The van der Waals surface area contributed by atoms with E-state index in [4.69, 9.17) is 0 Å². The first-order chi connectivity index (χ1) is 16.3. The molecule has 0 fully saturated rings. The van der Waals surface area contributed by atoms with Crippen LogP contribution < -0.4 is 10.6 Å². The molecule has 5 rings (SSSR count). The quantitative estimate of drug-likeness (QED) is 0.457. The van der Waals surface area contributed by atoms with Gasteiger partial charge in [0.25, 0.3) is 0 Å². The maximum Gasteiger partial charge on any atom is 0.319 e. The second-order valence-corrected chi connectivity index (χ2v) is 8.22. The highest BCUT2D eigenvalue weighted by molar-refractivity contribution is 5.90. The van der Waals surface area contributed by atoms with Gasteiger partial charge in [-0.15, -0.1) is 0 Å². The van der Waals surface area contributed by atoms with Crippen LogP contribution in [0, 0.1) is 31.3 Å². The lowest BCUT2D eigenvalue weighted by molar-refractivity contribution is 0.251. The van der Waals surface area contributed by atoms with E-state index in [0.29, 0.717) is 28.1 Å². The van der Waals surface area contributed by atoms with E-state index >= 15 is 0 Å². The number of hydrogen-bond donors (Lipinski definition) is 2. The predicted molar refractivity (Wildman–Crippen MR) is 121 cm³/mol. The summed E-state index contributed by atoms with van der Waals surface area (Å²) in [6.07, 6.45) is 3.19. The van der Waals surface area contributed by atoms with Crippen LogP contribution in [0.25, 0.3) is 22.4 Å². The first-order valence-corrected chi connectivity index (χ1v) is 10.6. The molecule has 7 nitrogen and oxygen atoms in total. The number of imidazole rings is 1. The number of halogens is 3. The van der Waals surface area contributed by atoms with E-state index in [1.165, 1.54) is 6.07 Å². The number of fused-ring (bicyclic) bond motifs is 3. The Morgan fingerprint density at radius 2 is 1.88 bits per heavy atom. The number of hydrogen-bond acceptors (Lipinski definition) is 3. The van der Waals surface area contributed by atoms with Crippen molar-refractivity contribution in [3.8, 4) is 22.4 Å². The fraction of sp³-hybridized carbons (Fsp3) is 0.208. The van der Waals surface area contributed by atoms with Crippen LogP contribution in [-0.4, -0.2) is 31.9 Å². The molecule has 0 saturated carbocycles. The molecule has 4 aromatic rings. The number of anilines is 1. The van der Waals surface area contributed by atoms with Crippen LogP contribution in [0.4, 0.5) is 23.7 Å². The van der Waals surface area contributed by atoms with Crippen molar-refractivity contribution in [2.45, 2.75) is 19.9 Å². The van der Waals surface area contributed by atoms with Gasteiger partial charge in [-0.2, -0.15) is 5.10 Å². The maximum absolute atomic E-state index is 14.9. The third kappa shape index (κ3) is 3.42. The molecule has 1 atom stereocenters. The summed E-state index contributed by atoms with van der Waals surface area (Å²) in [5, 5.41) is 9.20. The highest BCUT2D eigenvalue weighted by Gasteiger charge is 2.31. The number of urea groups is 1. The molecule has 2 amide bonds. The predicted octanol–water partition coefficient (Wildman–Crippen LogP) is 4.71. The summed E-state index contributed by atoms with van der Waals surface area (Å²) < 4.78 is 47.6. The third-order valence-corrected chi connectivity index (χ3v) is 6.20. The number of nitrogens with zero attached hydrogens (tertiary/aromatic N) is 4. The van der Waals surface area contributed by atoms with E-state index in [1.807, 2.05) is 0 Å². The second-order valence-electron chi connectivity index (χ2n) is 8.22. The van der Waals surface area contributed by atoms with Gasteiger partial charge in [0.2, 0.25) is 0 Å². The summed E-state index contributed by atoms with van der Waals surface area (Å²) in [5.74, 6) is -1.87. The Morgan fingerprint density at radius 1 is 1.09 bits per heavy atom. The molecular formula is C24H21F3N6O. The van der Waals surface area contributed by atoms with Crippen LogP contribution in [0.15, 0.2) is 42.9 Å². The molecule has 1 aliphatic heterocycles. The number of nitrogens with one attached hydrogen (secondary N) is 2. The average Bonchev–Trinajstić information content (AvgIpc) is 3.44. The summed E-state index contributed by atoms with van der Waals surface area (Å²) in [4.78, 5) is 16.6. The molecule has 1 unspecified atom stereocenters. The summed E-state index contributed by atoms with van der Waals surface area (Å²) in [6, 6.07) is 5.49. The zero-order valence-corrected chi connectivity index (χ0v) is 18.7. The van der Waals surface area contributed by atoms with Gasteiger partial charge >= 0.3 is 6.03 Å². The van der Waals surface area contributed by atoms with Gasteiger partial charge in [-0.25, -0.2) is 22.9 Å². The SMILES string of the molecule is Cc1nn(C)c(C)c1-c1cc(F)c(NC(=O)NCC2c3c(F)cccc3-c3cncn32)cc1F. The van der Waals surface area contributed by atoms with Crippen LogP contribution in [0.1, 0.15) is 23.0 Å². The molecule has 0 saturated heterocycles. The third-order valence-electron chi connectivity index (χ3n) is 6.20. The van der Waals surface area contributed by atoms with Gasteiger partial charge in [0.1, 0.15) is 17.5 Å². The van der Waals surface area contributed by atoms with Crippen molar-refractivity contribution in [2.75, 3.05) is 11.9 Å². The Bertz CT molecular complexity index is 1440. The van der Waals surface area contributed by atoms with E-state index in [1.54, 1.807) is 54.8 Å². The number of carbonyl (C=O) groups is 1. The molecule has 3 heterocycles. The Balaban J connectivity index is 1.34. The van der Waals surface area contributed by atoms with Gasteiger partial charge in [-0.05, 0) is 26.0 Å². The Morgan fingerprint density at radius 3 is 2.62 bits per heavy atom. The highest BCUT2D eigenvalue weighted by atomic mass is 19.1. The Labute approximate surface area is 193 Å². The normalized spacial score (nSPS) is 14.1. The lowest BCUT2D eigenvalue weighted by atomic mass is 10.0. The molecule has 2 aromatic heterocycles. The fourth-order valence-corrected chi connectivity index (χ4v) is 4.55. The second kappa shape index (κ2) is 8.05. The summed E-state index contributed by atoms with van der Waals surface area (Å²) in [5.41, 5.74) is 3.42. The number of aromatic nitrogens is 4.